The summed E-state index contributed by atoms with van der Waals surface area (Å²) >= 11 is -2.74. The zero-order valence-corrected chi connectivity index (χ0v) is 8.25. The van der Waals surface area contributed by atoms with Crippen LogP contribution in [-0.4, -0.2) is 18.7 Å². The van der Waals surface area contributed by atoms with Gasteiger partial charge in [-0.25, -0.2) is 0 Å². The summed E-state index contributed by atoms with van der Waals surface area (Å²) in [4.78, 5) is 5.51. The minimum absolute atomic E-state index is 0.872. The van der Waals surface area contributed by atoms with Gasteiger partial charge in [-0.3, -0.25) is 0 Å². The van der Waals surface area contributed by atoms with Gasteiger partial charge in [0.1, 0.15) is 0 Å². The van der Waals surface area contributed by atoms with Gasteiger partial charge in [-0.2, -0.15) is 0 Å². The second kappa shape index (κ2) is 3.70. The van der Waals surface area contributed by atoms with Gasteiger partial charge < -0.3 is 0 Å². The van der Waals surface area contributed by atoms with E-state index in [0.717, 1.165) is 21.8 Å². The van der Waals surface area contributed by atoms with Gasteiger partial charge in [-0.1, -0.05) is 0 Å². The van der Waals surface area contributed by atoms with Crippen molar-refractivity contribution in [1.29, 1.82) is 0 Å². The molecule has 60 valence electrons. The molecule has 0 aromatic rings. The number of azide groups is 1. The Morgan fingerprint density at radius 3 is 1.82 bits per heavy atom. The quantitative estimate of drug-likeness (QED) is 0.318. The van der Waals surface area contributed by atoms with Crippen molar-refractivity contribution in [2.24, 2.45) is 6.73 Å². The summed E-state index contributed by atoms with van der Waals surface area (Å²) in [7, 11) is 0. The molecule has 6 nitrogen and oxygen atoms in total. The Hall–Kier alpha value is -0.590. The predicted molar refractivity (Wildman–Crippen MR) is 42.9 cm³/mol. The Balaban J connectivity index is 2.86. The maximum atomic E-state index is 8.24. The standard InChI is InChI=1S/C4H8N6Te/c5-7-9-11(10-8-6)3-1-2-4-11/h1-4H2. The minimum atomic E-state index is -2.74. The second-order valence-electron chi connectivity index (χ2n) is 2.26. The van der Waals surface area contributed by atoms with Crippen molar-refractivity contribution in [2.75, 3.05) is 0 Å². The molecule has 0 aromatic heterocycles. The van der Waals surface area contributed by atoms with Crippen LogP contribution in [0.5, 0.6) is 0 Å². The first kappa shape index (κ1) is 8.51. The molecule has 0 aliphatic carbocycles. The van der Waals surface area contributed by atoms with Crippen molar-refractivity contribution in [1.82, 2.24) is 0 Å². The molecule has 1 fully saturated rings. The van der Waals surface area contributed by atoms with Crippen LogP contribution in [0.25, 0.3) is 20.9 Å². The van der Waals surface area contributed by atoms with Crippen LogP contribution < -0.4 is 0 Å². The molecule has 0 unspecified atom stereocenters. The van der Waals surface area contributed by atoms with Crippen LogP contribution in [0.4, 0.5) is 0 Å². The first-order valence-corrected chi connectivity index (χ1v) is 8.62. The van der Waals surface area contributed by atoms with Crippen molar-refractivity contribution >= 4 is 18.7 Å². The molecule has 0 saturated carbocycles. The van der Waals surface area contributed by atoms with Crippen molar-refractivity contribution in [3.05, 3.63) is 20.9 Å². The SMILES string of the molecule is [N-]=[N+]=N[Te]1(N=[N+]=[N-])CCCC1. The number of hydrogen-bond acceptors (Lipinski definition) is 2. The maximum absolute atomic E-state index is 8.24. The van der Waals surface area contributed by atoms with Gasteiger partial charge in [0.05, 0.1) is 0 Å². The molecule has 1 aliphatic heterocycles. The summed E-state index contributed by atoms with van der Waals surface area (Å²) < 4.78 is 9.13. The molecular formula is C4H8N6Te. The first-order valence-electron chi connectivity index (χ1n) is 3.24. The third-order valence-corrected chi connectivity index (χ3v) is 9.10. The summed E-state index contributed by atoms with van der Waals surface area (Å²) in [6.45, 7) is 0. The normalized spacial score (nSPS) is 22.9. The zero-order valence-electron chi connectivity index (χ0n) is 5.92. The van der Waals surface area contributed by atoms with E-state index < -0.39 is 18.7 Å². The Morgan fingerprint density at radius 2 is 1.45 bits per heavy atom. The Kier molecular flexibility index (Phi) is 2.86. The molecule has 1 heterocycles. The van der Waals surface area contributed by atoms with E-state index in [0.29, 0.717) is 0 Å². The summed E-state index contributed by atoms with van der Waals surface area (Å²) in [5.74, 6) is 0. The average Bonchev–Trinajstić information content (AvgIpc) is 2.39. The van der Waals surface area contributed by atoms with Crippen LogP contribution >= 0.6 is 0 Å². The summed E-state index contributed by atoms with van der Waals surface area (Å²) in [6, 6.07) is 0. The van der Waals surface area contributed by atoms with Gasteiger partial charge >= 0.3 is 68.1 Å². The third kappa shape index (κ3) is 1.92. The first-order chi connectivity index (χ1) is 5.33. The van der Waals surface area contributed by atoms with Gasteiger partial charge in [0.25, 0.3) is 0 Å². The number of hydrogen-bond donors (Lipinski definition) is 0. The molecule has 1 aliphatic rings. The molecule has 0 aromatic carbocycles. The molecule has 0 amide bonds. The molecule has 1 saturated heterocycles. The van der Waals surface area contributed by atoms with E-state index in [2.05, 4.69) is 16.6 Å². The topological polar surface area (TPSA) is 97.5 Å². The Bertz CT molecular complexity index is 211. The van der Waals surface area contributed by atoms with Crippen LogP contribution in [0.3, 0.4) is 0 Å². The van der Waals surface area contributed by atoms with Crippen LogP contribution in [0.2, 0.25) is 8.94 Å². The summed E-state index contributed by atoms with van der Waals surface area (Å²) in [5.41, 5.74) is 16.5. The Labute approximate surface area is 68.4 Å². The summed E-state index contributed by atoms with van der Waals surface area (Å²) in [6.07, 6.45) is 2.11. The van der Waals surface area contributed by atoms with E-state index in [1.54, 1.807) is 0 Å². The monoisotopic (exact) mass is 270 g/mol. The van der Waals surface area contributed by atoms with Crippen LogP contribution in [0.15, 0.2) is 6.73 Å². The number of rotatable bonds is 2. The molecule has 0 N–H and O–H groups in total. The van der Waals surface area contributed by atoms with Crippen molar-refractivity contribution < 1.29 is 0 Å². The van der Waals surface area contributed by atoms with Gasteiger partial charge in [-0.15, -0.1) is 0 Å². The Morgan fingerprint density at radius 1 is 1.00 bits per heavy atom. The van der Waals surface area contributed by atoms with E-state index in [-0.39, 0.29) is 0 Å². The van der Waals surface area contributed by atoms with E-state index in [9.17, 15) is 0 Å². The molecule has 0 bridgehead atoms. The fraction of sp³-hybridized carbons (Fsp3) is 1.00. The van der Waals surface area contributed by atoms with E-state index in [1.165, 1.54) is 0 Å². The van der Waals surface area contributed by atoms with Crippen molar-refractivity contribution in [3.8, 4) is 0 Å². The van der Waals surface area contributed by atoms with Crippen molar-refractivity contribution in [3.63, 3.8) is 0 Å². The van der Waals surface area contributed by atoms with Crippen LogP contribution in [0.1, 0.15) is 12.8 Å². The zero-order chi connectivity index (χ0) is 8.16. The molecular weight excluding hydrogens is 260 g/mol. The predicted octanol–water partition coefficient (Wildman–Crippen LogP) is 2.84. The van der Waals surface area contributed by atoms with E-state index >= 15 is 0 Å². The van der Waals surface area contributed by atoms with E-state index in [4.69, 9.17) is 11.1 Å². The van der Waals surface area contributed by atoms with Gasteiger partial charge in [0, 0.05) is 0 Å². The summed E-state index contributed by atoms with van der Waals surface area (Å²) in [5, 5.41) is 0. The fourth-order valence-electron chi connectivity index (χ4n) is 1.08. The van der Waals surface area contributed by atoms with Gasteiger partial charge in [0.15, 0.2) is 0 Å². The fourth-order valence-corrected chi connectivity index (χ4v) is 7.27. The average molecular weight is 268 g/mol. The molecule has 0 spiro atoms. The second-order valence-corrected chi connectivity index (χ2v) is 10.1. The van der Waals surface area contributed by atoms with Crippen molar-refractivity contribution in [2.45, 2.75) is 21.8 Å². The van der Waals surface area contributed by atoms with Gasteiger partial charge in [-0.05, 0) is 0 Å². The molecule has 0 radical (unpaired) electrons. The van der Waals surface area contributed by atoms with E-state index in [1.807, 2.05) is 0 Å². The van der Waals surface area contributed by atoms with Crippen LogP contribution in [-0.2, 0) is 0 Å². The number of nitrogens with zero attached hydrogens (tertiary/aromatic N) is 6. The molecule has 1 rings (SSSR count). The van der Waals surface area contributed by atoms with Gasteiger partial charge in [0.2, 0.25) is 0 Å². The molecule has 7 heteroatoms. The van der Waals surface area contributed by atoms with Crippen LogP contribution in [0, 0.1) is 0 Å². The molecule has 11 heavy (non-hydrogen) atoms. The third-order valence-electron chi connectivity index (χ3n) is 1.57. The molecule has 0 atom stereocenters.